The van der Waals surface area contributed by atoms with Crippen molar-refractivity contribution in [2.75, 3.05) is 0 Å². The number of benzene rings is 2. The second kappa shape index (κ2) is 7.56. The van der Waals surface area contributed by atoms with Gasteiger partial charge in [0.05, 0.1) is 15.0 Å². The normalized spacial score (nSPS) is 11.0. The van der Waals surface area contributed by atoms with Crippen LogP contribution >= 0.6 is 23.2 Å². The number of allylic oxidation sites excluding steroid dienone is 1. The smallest absolute Gasteiger partial charge is 0.269 e. The predicted octanol–water partition coefficient (Wildman–Crippen LogP) is 6.06. The van der Waals surface area contributed by atoms with Crippen molar-refractivity contribution >= 4 is 40.7 Å². The fourth-order valence-electron chi connectivity index (χ4n) is 2.25. The van der Waals surface area contributed by atoms with Gasteiger partial charge in [-0.15, -0.1) is 0 Å². The van der Waals surface area contributed by atoms with Crippen LogP contribution in [0.15, 0.2) is 65.1 Å². The van der Waals surface area contributed by atoms with Crippen LogP contribution in [-0.4, -0.2) is 10.7 Å². The number of furan rings is 1. The van der Waals surface area contributed by atoms with E-state index in [1.54, 1.807) is 30.3 Å². The van der Waals surface area contributed by atoms with Crippen molar-refractivity contribution in [2.45, 2.75) is 0 Å². The van der Waals surface area contributed by atoms with E-state index in [0.717, 1.165) is 5.56 Å². The largest absolute Gasteiger partial charge is 0.457 e. The van der Waals surface area contributed by atoms with Gasteiger partial charge in [-0.05, 0) is 54.6 Å². The number of halogens is 2. The third-order valence-corrected chi connectivity index (χ3v) is 4.33. The van der Waals surface area contributed by atoms with Crippen molar-refractivity contribution < 1.29 is 14.1 Å². The molecular weight excluding hydrogens is 377 g/mol. The lowest BCUT2D eigenvalue weighted by Crippen LogP contribution is -1.95. The molecule has 0 radical (unpaired) electrons. The summed E-state index contributed by atoms with van der Waals surface area (Å²) in [6, 6.07) is 14.0. The van der Waals surface area contributed by atoms with E-state index in [2.05, 4.69) is 0 Å². The summed E-state index contributed by atoms with van der Waals surface area (Å²) in [6.45, 7) is 0. The SMILES string of the molecule is O=C(/C=C/c1ccc(-c2ccc(Cl)c(Cl)c2)o1)c1ccc([N+](=O)[O-])cc1. The lowest BCUT2D eigenvalue weighted by molar-refractivity contribution is -0.384. The molecule has 0 amide bonds. The number of rotatable bonds is 5. The van der Waals surface area contributed by atoms with Gasteiger partial charge in [-0.3, -0.25) is 14.9 Å². The van der Waals surface area contributed by atoms with Gasteiger partial charge >= 0.3 is 0 Å². The third kappa shape index (κ3) is 4.02. The van der Waals surface area contributed by atoms with Crippen molar-refractivity contribution in [1.82, 2.24) is 0 Å². The fourth-order valence-corrected chi connectivity index (χ4v) is 2.55. The van der Waals surface area contributed by atoms with E-state index in [0.29, 0.717) is 27.1 Å². The maximum absolute atomic E-state index is 12.1. The summed E-state index contributed by atoms with van der Waals surface area (Å²) in [7, 11) is 0. The number of hydrogen-bond acceptors (Lipinski definition) is 4. The van der Waals surface area contributed by atoms with Crippen molar-refractivity contribution in [3.63, 3.8) is 0 Å². The molecule has 1 heterocycles. The third-order valence-electron chi connectivity index (χ3n) is 3.59. The highest BCUT2D eigenvalue weighted by Crippen LogP contribution is 2.29. The Bertz CT molecular complexity index is 1010. The minimum atomic E-state index is -0.516. The summed E-state index contributed by atoms with van der Waals surface area (Å²) >= 11 is 11.9. The quantitative estimate of drug-likeness (QED) is 0.231. The van der Waals surface area contributed by atoms with Crippen molar-refractivity contribution in [3.8, 4) is 11.3 Å². The van der Waals surface area contributed by atoms with Crippen LogP contribution in [0.2, 0.25) is 10.0 Å². The standard InChI is InChI=1S/C19H11Cl2NO4/c20-16-8-3-13(11-17(16)21)19-10-7-15(26-19)6-9-18(23)12-1-4-14(5-2-12)22(24)25/h1-11H/b9-6+. The Morgan fingerprint density at radius 1 is 1.00 bits per heavy atom. The molecule has 2 aromatic carbocycles. The molecule has 0 bridgehead atoms. The van der Waals surface area contributed by atoms with Crippen LogP contribution in [0, 0.1) is 10.1 Å². The summed E-state index contributed by atoms with van der Waals surface area (Å²) < 4.78 is 5.67. The molecular formula is C19H11Cl2NO4. The molecule has 1 aromatic heterocycles. The number of nitro benzene ring substituents is 1. The highest BCUT2D eigenvalue weighted by molar-refractivity contribution is 6.42. The van der Waals surface area contributed by atoms with E-state index in [-0.39, 0.29) is 11.5 Å². The zero-order chi connectivity index (χ0) is 18.7. The molecule has 0 aliphatic rings. The Balaban J connectivity index is 1.74. The Kier molecular flexibility index (Phi) is 5.21. The zero-order valence-electron chi connectivity index (χ0n) is 13.2. The van der Waals surface area contributed by atoms with Gasteiger partial charge in [-0.1, -0.05) is 23.2 Å². The average Bonchev–Trinajstić information content (AvgIpc) is 3.11. The molecule has 0 N–H and O–H groups in total. The molecule has 5 nitrogen and oxygen atoms in total. The van der Waals surface area contributed by atoms with Gasteiger partial charge in [0.15, 0.2) is 5.78 Å². The molecule has 0 atom stereocenters. The van der Waals surface area contributed by atoms with Crippen molar-refractivity contribution in [3.05, 3.63) is 92.2 Å². The number of hydrogen-bond donors (Lipinski definition) is 0. The number of carbonyl (C=O) groups excluding carboxylic acids is 1. The summed E-state index contributed by atoms with van der Waals surface area (Å²) in [5.41, 5.74) is 1.05. The van der Waals surface area contributed by atoms with Crippen LogP contribution in [0.3, 0.4) is 0 Å². The molecule has 0 saturated heterocycles. The average molecular weight is 388 g/mol. The molecule has 0 aliphatic carbocycles. The van der Waals surface area contributed by atoms with Crippen molar-refractivity contribution in [1.29, 1.82) is 0 Å². The minimum Gasteiger partial charge on any atom is -0.457 e. The topological polar surface area (TPSA) is 73.3 Å². The van der Waals surface area contributed by atoms with Crippen LogP contribution in [-0.2, 0) is 0 Å². The van der Waals surface area contributed by atoms with Crippen molar-refractivity contribution in [2.24, 2.45) is 0 Å². The zero-order valence-corrected chi connectivity index (χ0v) is 14.7. The Labute approximate surface area is 158 Å². The molecule has 3 rings (SSSR count). The monoisotopic (exact) mass is 387 g/mol. The number of carbonyl (C=O) groups is 1. The molecule has 130 valence electrons. The van der Waals surface area contributed by atoms with Crippen LogP contribution in [0.5, 0.6) is 0 Å². The lowest BCUT2D eigenvalue weighted by Gasteiger charge is -1.99. The van der Waals surface area contributed by atoms with Crippen LogP contribution in [0.1, 0.15) is 16.1 Å². The second-order valence-electron chi connectivity index (χ2n) is 5.33. The first kappa shape index (κ1) is 17.9. The number of nitro groups is 1. The maximum Gasteiger partial charge on any atom is 0.269 e. The molecule has 0 aliphatic heterocycles. The van der Waals surface area contributed by atoms with Gasteiger partial charge < -0.3 is 4.42 Å². The van der Waals surface area contributed by atoms with Crippen LogP contribution in [0.4, 0.5) is 5.69 Å². The number of non-ortho nitro benzene ring substituents is 1. The van der Waals surface area contributed by atoms with E-state index in [1.165, 1.54) is 36.4 Å². The summed E-state index contributed by atoms with van der Waals surface area (Å²) in [6.07, 6.45) is 2.88. The van der Waals surface area contributed by atoms with Gasteiger partial charge in [0.2, 0.25) is 0 Å². The van der Waals surface area contributed by atoms with E-state index >= 15 is 0 Å². The number of nitrogens with zero attached hydrogens (tertiary/aromatic N) is 1. The van der Waals surface area contributed by atoms with Gasteiger partial charge in [-0.25, -0.2) is 0 Å². The molecule has 7 heteroatoms. The Hall–Kier alpha value is -2.89. The lowest BCUT2D eigenvalue weighted by atomic mass is 10.1. The Morgan fingerprint density at radius 3 is 2.38 bits per heavy atom. The van der Waals surface area contributed by atoms with Gasteiger partial charge in [-0.2, -0.15) is 0 Å². The van der Waals surface area contributed by atoms with E-state index in [1.807, 2.05) is 0 Å². The highest BCUT2D eigenvalue weighted by atomic mass is 35.5. The number of ketones is 1. The predicted molar refractivity (Wildman–Crippen MR) is 101 cm³/mol. The van der Waals surface area contributed by atoms with E-state index in [4.69, 9.17) is 27.6 Å². The Morgan fingerprint density at radius 2 is 1.73 bits per heavy atom. The summed E-state index contributed by atoms with van der Waals surface area (Å²) in [5, 5.41) is 11.5. The molecule has 0 unspecified atom stereocenters. The van der Waals surface area contributed by atoms with E-state index < -0.39 is 4.92 Å². The van der Waals surface area contributed by atoms with Crippen LogP contribution < -0.4 is 0 Å². The first-order valence-electron chi connectivity index (χ1n) is 7.46. The van der Waals surface area contributed by atoms with Gasteiger partial charge in [0.1, 0.15) is 11.5 Å². The first-order chi connectivity index (χ1) is 12.4. The van der Waals surface area contributed by atoms with E-state index in [9.17, 15) is 14.9 Å². The van der Waals surface area contributed by atoms with Crippen LogP contribution in [0.25, 0.3) is 17.4 Å². The summed E-state index contributed by atoms with van der Waals surface area (Å²) in [5.74, 6) is 0.791. The van der Waals surface area contributed by atoms with Gasteiger partial charge in [0.25, 0.3) is 5.69 Å². The highest BCUT2D eigenvalue weighted by Gasteiger charge is 2.09. The first-order valence-corrected chi connectivity index (χ1v) is 8.22. The minimum absolute atomic E-state index is 0.0668. The molecule has 26 heavy (non-hydrogen) atoms. The second-order valence-corrected chi connectivity index (χ2v) is 6.15. The van der Waals surface area contributed by atoms with Gasteiger partial charge in [0, 0.05) is 23.3 Å². The molecule has 3 aromatic rings. The fraction of sp³-hybridized carbons (Fsp3) is 0. The molecule has 0 fully saturated rings. The molecule has 0 saturated carbocycles. The molecule has 0 spiro atoms. The maximum atomic E-state index is 12.1. The summed E-state index contributed by atoms with van der Waals surface area (Å²) in [4.78, 5) is 22.2.